The molecule has 3 aromatic rings. The summed E-state index contributed by atoms with van der Waals surface area (Å²) in [7, 11) is 0. The van der Waals surface area contributed by atoms with Crippen LogP contribution in [0.4, 0.5) is 13.2 Å². The molecule has 4 aliphatic rings. The van der Waals surface area contributed by atoms with Crippen molar-refractivity contribution in [2.24, 2.45) is 23.2 Å². The number of aromatic nitrogens is 1. The molecule has 4 fully saturated rings. The molecular weight excluding hydrogens is 525 g/mol. The number of carbonyl (C=O) groups is 2. The third-order valence-electron chi connectivity index (χ3n) is 8.73. The number of halogens is 3. The molecule has 1 atom stereocenters. The van der Waals surface area contributed by atoms with E-state index in [0.29, 0.717) is 28.8 Å². The van der Waals surface area contributed by atoms with Crippen molar-refractivity contribution in [3.63, 3.8) is 0 Å². The number of alkyl halides is 3. The number of pyridine rings is 1. The first kappa shape index (κ1) is 26.4. The molecule has 0 radical (unpaired) electrons. The zero-order valence-corrected chi connectivity index (χ0v) is 21.6. The molecule has 210 valence electrons. The van der Waals surface area contributed by atoms with Gasteiger partial charge in [-0.15, -0.1) is 13.2 Å². The number of ether oxygens (including phenoxy) is 2. The number of rotatable bonds is 8. The fourth-order valence-electron chi connectivity index (χ4n) is 7.60. The zero-order valence-electron chi connectivity index (χ0n) is 21.6. The number of aliphatic carboxylic acids is 1. The zero-order chi connectivity index (χ0) is 28.1. The Kier molecular flexibility index (Phi) is 6.59. The topological polar surface area (TPSA) is 97.8 Å². The highest BCUT2D eigenvalue weighted by molar-refractivity contribution is 6.04. The first-order valence-corrected chi connectivity index (χ1v) is 13.5. The molecule has 2 N–H and O–H groups in total. The van der Waals surface area contributed by atoms with Gasteiger partial charge in [-0.2, -0.15) is 0 Å². The van der Waals surface area contributed by atoms with Crippen molar-refractivity contribution < 1.29 is 37.3 Å². The second-order valence-corrected chi connectivity index (χ2v) is 11.5. The molecule has 4 aliphatic carbocycles. The largest absolute Gasteiger partial charge is 0.573 e. The molecule has 1 aromatic heterocycles. The number of hydrogen-bond donors (Lipinski definition) is 2. The maximum atomic E-state index is 13.7. The third kappa shape index (κ3) is 5.19. The van der Waals surface area contributed by atoms with Crippen molar-refractivity contribution in [3.8, 4) is 11.5 Å². The Morgan fingerprint density at radius 1 is 1.00 bits per heavy atom. The van der Waals surface area contributed by atoms with Crippen molar-refractivity contribution in [3.05, 3.63) is 65.9 Å². The number of benzene rings is 2. The first-order valence-electron chi connectivity index (χ1n) is 13.5. The molecule has 1 heterocycles. The van der Waals surface area contributed by atoms with Crippen LogP contribution < -0.4 is 14.8 Å². The molecule has 0 saturated heterocycles. The van der Waals surface area contributed by atoms with Crippen LogP contribution in [0.15, 0.2) is 54.7 Å². The van der Waals surface area contributed by atoms with E-state index in [1.54, 1.807) is 24.4 Å². The van der Waals surface area contributed by atoms with E-state index < -0.39 is 29.7 Å². The van der Waals surface area contributed by atoms with Crippen LogP contribution in [0, 0.1) is 23.2 Å². The monoisotopic (exact) mass is 554 g/mol. The fourth-order valence-corrected chi connectivity index (χ4v) is 7.60. The maximum absolute atomic E-state index is 13.7. The van der Waals surface area contributed by atoms with E-state index in [4.69, 9.17) is 4.74 Å². The quantitative estimate of drug-likeness (QED) is 0.349. The number of hydrogen-bond acceptors (Lipinski definition) is 5. The minimum Gasteiger partial charge on any atom is -0.486 e. The summed E-state index contributed by atoms with van der Waals surface area (Å²) in [6, 6.07) is 11.1. The van der Waals surface area contributed by atoms with Gasteiger partial charge in [0.15, 0.2) is 5.75 Å². The van der Waals surface area contributed by atoms with Gasteiger partial charge in [-0.25, -0.2) is 4.79 Å². The van der Waals surface area contributed by atoms with Gasteiger partial charge in [0.05, 0.1) is 5.56 Å². The van der Waals surface area contributed by atoms with Crippen LogP contribution in [0.2, 0.25) is 0 Å². The van der Waals surface area contributed by atoms with Crippen LogP contribution in [0.1, 0.15) is 54.4 Å². The summed E-state index contributed by atoms with van der Waals surface area (Å²) < 4.78 is 47.5. The highest BCUT2D eigenvalue weighted by Gasteiger charge is 2.56. The van der Waals surface area contributed by atoms with Crippen molar-refractivity contribution >= 4 is 22.8 Å². The molecule has 2 aromatic carbocycles. The number of nitrogens with zero attached hydrogens (tertiary/aromatic N) is 1. The molecule has 4 bridgehead atoms. The molecule has 0 spiro atoms. The Morgan fingerprint density at radius 2 is 1.65 bits per heavy atom. The Morgan fingerprint density at radius 3 is 2.25 bits per heavy atom. The van der Waals surface area contributed by atoms with Crippen molar-refractivity contribution in [1.29, 1.82) is 0 Å². The van der Waals surface area contributed by atoms with Crippen LogP contribution in [-0.2, 0) is 11.4 Å². The fraction of sp³-hybridized carbons (Fsp3) is 0.433. The number of carboxylic acid groups (broad SMARTS) is 1. The summed E-state index contributed by atoms with van der Waals surface area (Å²) in [5.74, 6) is -0.212. The summed E-state index contributed by atoms with van der Waals surface area (Å²) in [6.07, 6.45) is 2.66. The van der Waals surface area contributed by atoms with Gasteiger partial charge in [0.2, 0.25) is 0 Å². The number of fused-ring (bicyclic) bond motifs is 1. The lowest BCUT2D eigenvalue weighted by molar-refractivity contribution is -0.274. The normalized spacial score (nSPS) is 25.9. The van der Waals surface area contributed by atoms with Gasteiger partial charge >= 0.3 is 12.3 Å². The lowest BCUT2D eigenvalue weighted by atomic mass is 9.47. The molecule has 40 heavy (non-hydrogen) atoms. The average molecular weight is 555 g/mol. The summed E-state index contributed by atoms with van der Waals surface area (Å²) in [5.41, 5.74) is 0.672. The van der Waals surface area contributed by atoms with Crippen molar-refractivity contribution in [1.82, 2.24) is 10.3 Å². The van der Waals surface area contributed by atoms with Gasteiger partial charge in [0.25, 0.3) is 5.91 Å². The molecule has 4 saturated carbocycles. The second kappa shape index (κ2) is 9.98. The van der Waals surface area contributed by atoms with E-state index >= 15 is 0 Å². The molecular formula is C30H29F3N2O5. The number of carboxylic acids is 1. The number of amides is 1. The lowest BCUT2D eigenvalue weighted by Crippen LogP contribution is -2.59. The first-order chi connectivity index (χ1) is 19.1. The predicted octanol–water partition coefficient (Wildman–Crippen LogP) is 6.11. The highest BCUT2D eigenvalue weighted by atomic mass is 19.4. The van der Waals surface area contributed by atoms with E-state index in [1.807, 2.05) is 6.07 Å². The van der Waals surface area contributed by atoms with E-state index in [0.717, 1.165) is 43.9 Å². The lowest BCUT2D eigenvalue weighted by Gasteiger charge is -2.58. The Bertz CT molecular complexity index is 1400. The van der Waals surface area contributed by atoms with Crippen molar-refractivity contribution in [2.45, 2.75) is 57.5 Å². The van der Waals surface area contributed by atoms with Crippen molar-refractivity contribution in [2.75, 3.05) is 0 Å². The SMILES string of the molecule is O=C(N[C@H](C(=O)O)C12CC3CC(CC(C3)C1)C2)c1ccc2cccnc2c1OCc1ccc(OC(F)(F)F)cc1. The van der Waals surface area contributed by atoms with E-state index in [9.17, 15) is 27.9 Å². The minimum absolute atomic E-state index is 0.0560. The third-order valence-corrected chi connectivity index (χ3v) is 8.73. The number of nitrogens with one attached hydrogen (secondary N) is 1. The summed E-state index contributed by atoms with van der Waals surface area (Å²) >= 11 is 0. The van der Waals surface area contributed by atoms with Gasteiger partial charge in [-0.05, 0) is 86.1 Å². The average Bonchev–Trinajstić information content (AvgIpc) is 2.89. The Balaban J connectivity index is 1.26. The van der Waals surface area contributed by atoms with Gasteiger partial charge in [0.1, 0.15) is 23.9 Å². The molecule has 10 heteroatoms. The molecule has 1 amide bonds. The minimum atomic E-state index is -4.79. The smallest absolute Gasteiger partial charge is 0.486 e. The van der Waals surface area contributed by atoms with E-state index in [2.05, 4.69) is 15.0 Å². The van der Waals surface area contributed by atoms with Gasteiger partial charge in [-0.1, -0.05) is 24.3 Å². The van der Waals surface area contributed by atoms with Gasteiger partial charge < -0.3 is 19.9 Å². The van der Waals surface area contributed by atoms with Crippen LogP contribution >= 0.6 is 0 Å². The van der Waals surface area contributed by atoms with Crippen LogP contribution in [0.25, 0.3) is 10.9 Å². The Labute approximate surface area is 228 Å². The van der Waals surface area contributed by atoms with E-state index in [1.165, 1.54) is 24.3 Å². The van der Waals surface area contributed by atoms with Crippen LogP contribution in [0.3, 0.4) is 0 Å². The summed E-state index contributed by atoms with van der Waals surface area (Å²) in [4.78, 5) is 30.7. The van der Waals surface area contributed by atoms with Gasteiger partial charge in [-0.3, -0.25) is 9.78 Å². The van der Waals surface area contributed by atoms with Gasteiger partial charge in [0, 0.05) is 17.0 Å². The predicted molar refractivity (Wildman–Crippen MR) is 139 cm³/mol. The standard InChI is InChI=1S/C30H29F3N2O5/c31-30(32,33)40-22-6-3-17(4-7-22)16-39-25-23(8-5-21-2-1-9-34-24(21)25)27(36)35-26(28(37)38)29-13-18-10-19(14-29)12-20(11-18)15-29/h1-9,18-20,26H,10-16H2,(H,35,36)(H,37,38)/t18?,19?,20?,26-,29?/m1/s1. The molecule has 7 rings (SSSR count). The second-order valence-electron chi connectivity index (χ2n) is 11.5. The Hall–Kier alpha value is -3.82. The summed E-state index contributed by atoms with van der Waals surface area (Å²) in [5, 5.41) is 13.9. The highest BCUT2D eigenvalue weighted by Crippen LogP contribution is 2.61. The maximum Gasteiger partial charge on any atom is 0.573 e. The number of carbonyl (C=O) groups excluding carboxylic acids is 1. The summed E-state index contributed by atoms with van der Waals surface area (Å²) in [6.45, 7) is -0.0560. The van der Waals surface area contributed by atoms with Crippen LogP contribution in [0.5, 0.6) is 11.5 Å². The van der Waals surface area contributed by atoms with Crippen LogP contribution in [-0.4, -0.2) is 34.4 Å². The molecule has 7 nitrogen and oxygen atoms in total. The molecule has 0 aliphatic heterocycles. The molecule has 0 unspecified atom stereocenters. The van der Waals surface area contributed by atoms with E-state index in [-0.39, 0.29) is 23.7 Å².